The monoisotopic (exact) mass is 220 g/mol. The van der Waals surface area contributed by atoms with Crippen molar-refractivity contribution in [3.8, 4) is 5.75 Å². The van der Waals surface area contributed by atoms with E-state index in [0.717, 1.165) is 25.3 Å². The van der Waals surface area contributed by atoms with Crippen LogP contribution in [0.2, 0.25) is 0 Å². The van der Waals surface area contributed by atoms with Crippen LogP contribution in [-0.2, 0) is 6.42 Å². The molecule has 0 saturated heterocycles. The van der Waals surface area contributed by atoms with Crippen LogP contribution >= 0.6 is 0 Å². The number of rotatable bonds is 3. The van der Waals surface area contributed by atoms with Gasteiger partial charge in [-0.25, -0.2) is 0 Å². The largest absolute Gasteiger partial charge is 0.489 e. The molecule has 0 aliphatic carbocycles. The second kappa shape index (κ2) is 4.74. The summed E-state index contributed by atoms with van der Waals surface area (Å²) < 4.78 is 5.78. The Morgan fingerprint density at radius 1 is 1.50 bits per heavy atom. The molecule has 1 N–H and O–H groups in total. The predicted molar refractivity (Wildman–Crippen MR) is 67.4 cm³/mol. The number of fused-ring (bicyclic) bond motifs is 1. The maximum Gasteiger partial charge on any atom is 0.142 e. The van der Waals surface area contributed by atoms with Crippen LogP contribution in [0.1, 0.15) is 12.5 Å². The number of hydrogen-bond acceptors (Lipinski definition) is 3. The Kier molecular flexibility index (Phi) is 3.34. The van der Waals surface area contributed by atoms with Gasteiger partial charge >= 0.3 is 0 Å². The summed E-state index contributed by atoms with van der Waals surface area (Å²) in [5.74, 6) is 1.01. The highest BCUT2D eigenvalue weighted by atomic mass is 16.5. The van der Waals surface area contributed by atoms with E-state index in [1.54, 1.807) is 0 Å². The van der Waals surface area contributed by atoms with E-state index in [4.69, 9.17) is 4.74 Å². The number of likely N-dealkylation sites (N-methyl/N-ethyl adjacent to an activating group) is 2. The Morgan fingerprint density at radius 2 is 2.31 bits per heavy atom. The van der Waals surface area contributed by atoms with Gasteiger partial charge < -0.3 is 15.0 Å². The summed E-state index contributed by atoms with van der Waals surface area (Å²) in [5.41, 5.74) is 2.57. The van der Waals surface area contributed by atoms with E-state index in [1.165, 1.54) is 11.3 Å². The van der Waals surface area contributed by atoms with Crippen LogP contribution in [0.3, 0.4) is 0 Å². The molecule has 1 aliphatic heterocycles. The quantitative estimate of drug-likeness (QED) is 0.838. The van der Waals surface area contributed by atoms with Gasteiger partial charge in [0.25, 0.3) is 0 Å². The van der Waals surface area contributed by atoms with E-state index < -0.39 is 0 Å². The van der Waals surface area contributed by atoms with Crippen LogP contribution in [0.5, 0.6) is 5.75 Å². The number of ether oxygens (including phenoxy) is 1. The summed E-state index contributed by atoms with van der Waals surface area (Å²) in [4.78, 5) is 2.31. The molecule has 1 unspecified atom stereocenters. The number of nitrogens with zero attached hydrogens (tertiary/aromatic N) is 1. The van der Waals surface area contributed by atoms with E-state index >= 15 is 0 Å². The third-order valence-electron chi connectivity index (χ3n) is 3.23. The molecule has 1 aliphatic rings. The van der Waals surface area contributed by atoms with Gasteiger partial charge in [-0.3, -0.25) is 0 Å². The smallest absolute Gasteiger partial charge is 0.142 e. The fraction of sp³-hybridized carbons (Fsp3) is 0.538. The molecule has 0 bridgehead atoms. The Balaban J connectivity index is 2.27. The van der Waals surface area contributed by atoms with Crippen molar-refractivity contribution < 1.29 is 4.74 Å². The van der Waals surface area contributed by atoms with Crippen LogP contribution in [0.15, 0.2) is 18.2 Å². The number of hydrogen-bond donors (Lipinski definition) is 1. The average Bonchev–Trinajstić information content (AvgIpc) is 2.33. The molecule has 1 heterocycles. The summed E-state index contributed by atoms with van der Waals surface area (Å²) in [7, 11) is 4.12. The summed E-state index contributed by atoms with van der Waals surface area (Å²) in [6.45, 7) is 3.89. The van der Waals surface area contributed by atoms with Crippen LogP contribution in [-0.4, -0.2) is 33.3 Å². The van der Waals surface area contributed by atoms with Crippen molar-refractivity contribution in [1.82, 2.24) is 5.32 Å². The zero-order valence-electron chi connectivity index (χ0n) is 10.3. The Labute approximate surface area is 97.4 Å². The van der Waals surface area contributed by atoms with E-state index in [-0.39, 0.29) is 0 Å². The van der Waals surface area contributed by atoms with Gasteiger partial charge in [0.15, 0.2) is 0 Å². The second-order valence-corrected chi connectivity index (χ2v) is 4.29. The molecular formula is C13H20N2O. The van der Waals surface area contributed by atoms with E-state index in [9.17, 15) is 0 Å². The fourth-order valence-electron chi connectivity index (χ4n) is 2.11. The van der Waals surface area contributed by atoms with Gasteiger partial charge in [0.2, 0.25) is 0 Å². The van der Waals surface area contributed by atoms with Crippen LogP contribution in [0.4, 0.5) is 5.69 Å². The highest BCUT2D eigenvalue weighted by Crippen LogP contribution is 2.33. The van der Waals surface area contributed by atoms with Crippen LogP contribution in [0.25, 0.3) is 0 Å². The van der Waals surface area contributed by atoms with Crippen molar-refractivity contribution in [2.45, 2.75) is 19.4 Å². The van der Waals surface area contributed by atoms with Crippen molar-refractivity contribution in [3.05, 3.63) is 23.8 Å². The lowest BCUT2D eigenvalue weighted by atomic mass is 10.1. The molecule has 0 saturated carbocycles. The summed E-state index contributed by atoms with van der Waals surface area (Å²) in [6, 6.07) is 6.88. The number of aryl methyl sites for hydroxylation is 1. The molecule has 0 spiro atoms. The number of anilines is 1. The van der Waals surface area contributed by atoms with Crippen LogP contribution < -0.4 is 15.0 Å². The first-order valence-corrected chi connectivity index (χ1v) is 5.89. The maximum atomic E-state index is 5.78. The molecule has 1 atom stereocenters. The Hall–Kier alpha value is -1.22. The third kappa shape index (κ3) is 2.00. The highest BCUT2D eigenvalue weighted by molar-refractivity contribution is 5.61. The SMILES string of the molecule is CCc1ccc2c(c1)N(C)C(CNC)CO2. The molecule has 0 fully saturated rings. The van der Waals surface area contributed by atoms with Gasteiger partial charge in [-0.1, -0.05) is 13.0 Å². The van der Waals surface area contributed by atoms with E-state index in [1.807, 2.05) is 7.05 Å². The lowest BCUT2D eigenvalue weighted by Crippen LogP contribution is -2.46. The lowest BCUT2D eigenvalue weighted by molar-refractivity contribution is 0.264. The van der Waals surface area contributed by atoms with Crippen molar-refractivity contribution in [2.75, 3.05) is 32.1 Å². The van der Waals surface area contributed by atoms with Crippen molar-refractivity contribution in [3.63, 3.8) is 0 Å². The molecule has 1 aromatic rings. The first kappa shape index (κ1) is 11.3. The molecule has 3 nitrogen and oxygen atoms in total. The number of nitrogens with one attached hydrogen (secondary N) is 1. The zero-order chi connectivity index (χ0) is 11.5. The van der Waals surface area contributed by atoms with Gasteiger partial charge in [0.1, 0.15) is 12.4 Å². The summed E-state index contributed by atoms with van der Waals surface area (Å²) in [5, 5.41) is 3.21. The summed E-state index contributed by atoms with van der Waals surface area (Å²) in [6.07, 6.45) is 1.07. The standard InChI is InChI=1S/C13H20N2O/c1-4-10-5-6-13-12(7-10)15(3)11(8-14-2)9-16-13/h5-7,11,14H,4,8-9H2,1-3H3. The molecule has 1 aromatic carbocycles. The first-order chi connectivity index (χ1) is 7.76. The topological polar surface area (TPSA) is 24.5 Å². The maximum absolute atomic E-state index is 5.78. The molecule has 0 amide bonds. The second-order valence-electron chi connectivity index (χ2n) is 4.29. The van der Waals surface area contributed by atoms with Gasteiger partial charge in [-0.2, -0.15) is 0 Å². The van der Waals surface area contributed by atoms with Gasteiger partial charge in [-0.05, 0) is 31.2 Å². The Bertz CT molecular complexity index is 365. The van der Waals surface area contributed by atoms with Gasteiger partial charge in [0.05, 0.1) is 11.7 Å². The molecular weight excluding hydrogens is 200 g/mol. The fourth-order valence-corrected chi connectivity index (χ4v) is 2.11. The predicted octanol–water partition coefficient (Wildman–Crippen LogP) is 1.67. The minimum Gasteiger partial charge on any atom is -0.489 e. The molecule has 2 rings (SSSR count). The van der Waals surface area contributed by atoms with Crippen molar-refractivity contribution in [1.29, 1.82) is 0 Å². The molecule has 0 aromatic heterocycles. The minimum atomic E-state index is 0.421. The van der Waals surface area contributed by atoms with Crippen LogP contribution in [0, 0.1) is 0 Å². The molecule has 88 valence electrons. The number of benzene rings is 1. The minimum absolute atomic E-state index is 0.421. The van der Waals surface area contributed by atoms with Gasteiger partial charge in [-0.15, -0.1) is 0 Å². The molecule has 16 heavy (non-hydrogen) atoms. The molecule has 3 heteroatoms. The summed E-state index contributed by atoms with van der Waals surface area (Å²) >= 11 is 0. The van der Waals surface area contributed by atoms with Crippen molar-refractivity contribution >= 4 is 5.69 Å². The average molecular weight is 220 g/mol. The third-order valence-corrected chi connectivity index (χ3v) is 3.23. The lowest BCUT2D eigenvalue weighted by Gasteiger charge is -2.36. The zero-order valence-corrected chi connectivity index (χ0v) is 10.3. The molecule has 0 radical (unpaired) electrons. The van der Waals surface area contributed by atoms with Gasteiger partial charge in [0, 0.05) is 13.6 Å². The van der Waals surface area contributed by atoms with E-state index in [0.29, 0.717) is 6.04 Å². The van der Waals surface area contributed by atoms with Crippen molar-refractivity contribution in [2.24, 2.45) is 0 Å². The Morgan fingerprint density at radius 3 is 3.00 bits per heavy atom. The normalized spacial score (nSPS) is 19.2. The highest BCUT2D eigenvalue weighted by Gasteiger charge is 2.23. The first-order valence-electron chi connectivity index (χ1n) is 5.89. The van der Waals surface area contributed by atoms with E-state index in [2.05, 4.69) is 42.4 Å².